The number of benzene rings is 1. The highest BCUT2D eigenvalue weighted by molar-refractivity contribution is 5.50. The molecule has 1 aromatic rings. The van der Waals surface area contributed by atoms with Crippen LogP contribution in [0.1, 0.15) is 24.8 Å². The maximum absolute atomic E-state index is 11.0. The molecule has 0 amide bonds. The van der Waals surface area contributed by atoms with E-state index in [0.29, 0.717) is 12.8 Å². The molecule has 0 bridgehead atoms. The second-order valence-corrected chi connectivity index (χ2v) is 4.83. The van der Waals surface area contributed by atoms with Crippen molar-refractivity contribution < 1.29 is 10.0 Å². The molecule has 96 valence electrons. The molecule has 1 N–H and O–H groups in total. The molecule has 1 aliphatic rings. The smallest absolute Gasteiger partial charge is 0.224 e. The van der Waals surface area contributed by atoms with E-state index in [1.54, 1.807) is 0 Å². The lowest BCUT2D eigenvalue weighted by Gasteiger charge is -2.24. The predicted octanol–water partition coefficient (Wildman–Crippen LogP) is 2.51. The van der Waals surface area contributed by atoms with Crippen molar-refractivity contribution in [2.75, 3.05) is 6.61 Å². The van der Waals surface area contributed by atoms with Gasteiger partial charge in [-0.05, 0) is 18.4 Å². The first-order valence-corrected chi connectivity index (χ1v) is 6.16. The first-order chi connectivity index (χ1) is 8.68. The first-order valence-electron chi connectivity index (χ1n) is 6.16. The van der Waals surface area contributed by atoms with E-state index in [2.05, 4.69) is 0 Å². The van der Waals surface area contributed by atoms with Crippen molar-refractivity contribution in [3.63, 3.8) is 0 Å². The summed E-state index contributed by atoms with van der Waals surface area (Å²) in [5, 5.41) is 20.6. The van der Waals surface area contributed by atoms with Crippen LogP contribution < -0.4 is 0 Å². The van der Waals surface area contributed by atoms with Gasteiger partial charge in [0.25, 0.3) is 0 Å². The van der Waals surface area contributed by atoms with Crippen molar-refractivity contribution in [1.82, 2.24) is 0 Å². The summed E-state index contributed by atoms with van der Waals surface area (Å²) in [7, 11) is 0. The third-order valence-corrected chi connectivity index (χ3v) is 3.74. The van der Waals surface area contributed by atoms with E-state index < -0.39 is 11.5 Å². The fourth-order valence-corrected chi connectivity index (χ4v) is 2.65. The van der Waals surface area contributed by atoms with Gasteiger partial charge in [0.15, 0.2) is 0 Å². The molecule has 0 saturated heterocycles. The summed E-state index contributed by atoms with van der Waals surface area (Å²) in [6.07, 6.45) is 5.72. The van der Waals surface area contributed by atoms with Gasteiger partial charge in [0, 0.05) is 11.3 Å². The van der Waals surface area contributed by atoms with Gasteiger partial charge in [0.2, 0.25) is 6.04 Å². The van der Waals surface area contributed by atoms with Gasteiger partial charge in [-0.15, -0.1) is 0 Å². The molecule has 2 rings (SSSR count). The minimum absolute atomic E-state index is 0.165. The van der Waals surface area contributed by atoms with E-state index in [4.69, 9.17) is 0 Å². The summed E-state index contributed by atoms with van der Waals surface area (Å²) >= 11 is 0. The number of rotatable bonds is 4. The Morgan fingerprint density at radius 2 is 2.17 bits per heavy atom. The molecular formula is C14H17NO3. The minimum atomic E-state index is -0.695. The lowest BCUT2D eigenvalue weighted by atomic mass is 9.82. The monoisotopic (exact) mass is 247 g/mol. The summed E-state index contributed by atoms with van der Waals surface area (Å²) in [5.74, 6) is 0. The van der Waals surface area contributed by atoms with Gasteiger partial charge in [-0.25, -0.2) is 0 Å². The van der Waals surface area contributed by atoms with Gasteiger partial charge >= 0.3 is 0 Å². The molecule has 1 fully saturated rings. The summed E-state index contributed by atoms with van der Waals surface area (Å²) in [6, 6.07) is 8.99. The van der Waals surface area contributed by atoms with Crippen LogP contribution >= 0.6 is 0 Å². The lowest BCUT2D eigenvalue weighted by Crippen LogP contribution is -2.37. The molecule has 0 aromatic heterocycles. The van der Waals surface area contributed by atoms with Crippen LogP contribution in [0.2, 0.25) is 0 Å². The van der Waals surface area contributed by atoms with Crippen LogP contribution in [0.4, 0.5) is 0 Å². The molecule has 0 aliphatic heterocycles. The van der Waals surface area contributed by atoms with E-state index in [1.165, 1.54) is 0 Å². The van der Waals surface area contributed by atoms with Crippen molar-refractivity contribution in [3.05, 3.63) is 52.1 Å². The van der Waals surface area contributed by atoms with Crippen molar-refractivity contribution in [1.29, 1.82) is 0 Å². The maximum Gasteiger partial charge on any atom is 0.224 e. The Hall–Kier alpha value is -1.68. The van der Waals surface area contributed by atoms with Crippen molar-refractivity contribution in [2.24, 2.45) is 5.41 Å². The molecule has 0 heterocycles. The molecule has 1 aliphatic carbocycles. The third kappa shape index (κ3) is 2.43. The SMILES string of the molecule is O=[N+]([O-])C1CCCC1(C=Cc1ccccc1)CO. The van der Waals surface area contributed by atoms with Crippen LogP contribution in [0.3, 0.4) is 0 Å². The second kappa shape index (κ2) is 5.31. The van der Waals surface area contributed by atoms with Gasteiger partial charge in [-0.3, -0.25) is 10.1 Å². The highest BCUT2D eigenvalue weighted by Crippen LogP contribution is 2.41. The summed E-state index contributed by atoms with van der Waals surface area (Å²) in [4.78, 5) is 10.8. The topological polar surface area (TPSA) is 63.4 Å². The molecule has 1 aromatic carbocycles. The lowest BCUT2D eigenvalue weighted by molar-refractivity contribution is -0.536. The molecular weight excluding hydrogens is 230 g/mol. The van der Waals surface area contributed by atoms with Gasteiger partial charge in [-0.1, -0.05) is 42.5 Å². The Kier molecular flexibility index (Phi) is 3.77. The van der Waals surface area contributed by atoms with E-state index >= 15 is 0 Å². The first kappa shape index (κ1) is 12.8. The van der Waals surface area contributed by atoms with Crippen LogP contribution in [-0.4, -0.2) is 22.7 Å². The van der Waals surface area contributed by atoms with Crippen LogP contribution in [0.25, 0.3) is 6.08 Å². The number of hydrogen-bond donors (Lipinski definition) is 1. The zero-order valence-electron chi connectivity index (χ0n) is 10.2. The van der Waals surface area contributed by atoms with Gasteiger partial charge in [0.05, 0.1) is 12.0 Å². The van der Waals surface area contributed by atoms with E-state index in [1.807, 2.05) is 42.5 Å². The van der Waals surface area contributed by atoms with Gasteiger partial charge in [-0.2, -0.15) is 0 Å². The minimum Gasteiger partial charge on any atom is -0.395 e. The zero-order valence-corrected chi connectivity index (χ0v) is 10.2. The van der Waals surface area contributed by atoms with Gasteiger partial charge in [0.1, 0.15) is 0 Å². The highest BCUT2D eigenvalue weighted by atomic mass is 16.6. The molecule has 2 atom stereocenters. The molecule has 0 spiro atoms. The molecule has 18 heavy (non-hydrogen) atoms. The molecule has 0 radical (unpaired) electrons. The Morgan fingerprint density at radius 1 is 1.44 bits per heavy atom. The largest absolute Gasteiger partial charge is 0.395 e. The Bertz CT molecular complexity index is 444. The fourth-order valence-electron chi connectivity index (χ4n) is 2.65. The molecule has 4 heteroatoms. The van der Waals surface area contributed by atoms with Crippen molar-refractivity contribution in [3.8, 4) is 0 Å². The van der Waals surface area contributed by atoms with E-state index in [0.717, 1.165) is 12.0 Å². The van der Waals surface area contributed by atoms with Crippen LogP contribution in [0, 0.1) is 15.5 Å². The maximum atomic E-state index is 11.0. The zero-order chi connectivity index (χ0) is 13.0. The number of aliphatic hydroxyl groups excluding tert-OH is 1. The predicted molar refractivity (Wildman–Crippen MR) is 69.6 cm³/mol. The quantitative estimate of drug-likeness (QED) is 0.656. The molecule has 4 nitrogen and oxygen atoms in total. The molecule has 2 unspecified atom stereocenters. The van der Waals surface area contributed by atoms with Gasteiger partial charge < -0.3 is 5.11 Å². The van der Waals surface area contributed by atoms with Crippen LogP contribution in [-0.2, 0) is 0 Å². The van der Waals surface area contributed by atoms with Crippen molar-refractivity contribution in [2.45, 2.75) is 25.3 Å². The summed E-state index contributed by atoms with van der Waals surface area (Å²) in [5.41, 5.74) is 0.304. The van der Waals surface area contributed by atoms with E-state index in [9.17, 15) is 15.2 Å². The number of nitro groups is 1. The number of aliphatic hydroxyl groups is 1. The third-order valence-electron chi connectivity index (χ3n) is 3.74. The average molecular weight is 247 g/mol. The summed E-state index contributed by atoms with van der Waals surface area (Å²) < 4.78 is 0. The average Bonchev–Trinajstić information content (AvgIpc) is 2.82. The summed E-state index contributed by atoms with van der Waals surface area (Å²) in [6.45, 7) is -0.165. The van der Waals surface area contributed by atoms with E-state index in [-0.39, 0.29) is 11.5 Å². The highest BCUT2D eigenvalue weighted by Gasteiger charge is 2.48. The Balaban J connectivity index is 2.23. The number of hydrogen-bond acceptors (Lipinski definition) is 3. The van der Waals surface area contributed by atoms with Crippen LogP contribution in [0.5, 0.6) is 0 Å². The molecule has 1 saturated carbocycles. The standard InChI is InChI=1S/C14H17NO3/c16-11-14(9-4-7-13(14)15(17)18)10-8-12-5-2-1-3-6-12/h1-3,5-6,8,10,13,16H,4,7,9,11H2. The Morgan fingerprint density at radius 3 is 2.78 bits per heavy atom. The number of nitrogens with zero attached hydrogens (tertiary/aromatic N) is 1. The second-order valence-electron chi connectivity index (χ2n) is 4.83. The fraction of sp³-hybridized carbons (Fsp3) is 0.429. The van der Waals surface area contributed by atoms with Crippen LogP contribution in [0.15, 0.2) is 36.4 Å². The van der Waals surface area contributed by atoms with Crippen molar-refractivity contribution >= 4 is 6.08 Å². The Labute approximate surface area is 106 Å². The normalized spacial score (nSPS) is 27.7.